The van der Waals surface area contributed by atoms with Gasteiger partial charge < -0.3 is 20.1 Å². The van der Waals surface area contributed by atoms with Gasteiger partial charge in [-0.2, -0.15) is 0 Å². The Kier molecular flexibility index (Phi) is 4.39. The highest BCUT2D eigenvalue weighted by Gasteiger charge is 2.31. The largest absolute Gasteiger partial charge is 0.495 e. The molecule has 1 saturated heterocycles. The number of methoxy groups -OCH3 is 1. The van der Waals surface area contributed by atoms with Gasteiger partial charge in [-0.15, -0.1) is 0 Å². The average Bonchev–Trinajstić information content (AvgIpc) is 2.41. The number of hydrogen-bond acceptors (Lipinski definition) is 4. The van der Waals surface area contributed by atoms with Crippen LogP contribution in [0.2, 0.25) is 0 Å². The van der Waals surface area contributed by atoms with Gasteiger partial charge in [0.15, 0.2) is 0 Å². The zero-order valence-electron chi connectivity index (χ0n) is 11.4. The van der Waals surface area contributed by atoms with Crippen molar-refractivity contribution in [3.05, 3.63) is 23.8 Å². The minimum Gasteiger partial charge on any atom is -0.495 e. The van der Waals surface area contributed by atoms with Crippen molar-refractivity contribution in [2.45, 2.75) is 19.4 Å². The second kappa shape index (κ2) is 6.04. The Labute approximate surface area is 113 Å². The molecular weight excluding hydrogens is 244 g/mol. The molecule has 0 aromatic heterocycles. The standard InChI is InChI=1S/C14H20N2O3/c1-10-3-4-12(18-2)11(9-10)16-7-8-19-13(5-6-15)14(16)17/h3-4,9,13H,5-8,15H2,1-2H3. The van der Waals surface area contributed by atoms with Crippen LogP contribution in [0.15, 0.2) is 18.2 Å². The van der Waals surface area contributed by atoms with Gasteiger partial charge in [0.1, 0.15) is 11.9 Å². The Morgan fingerprint density at radius 3 is 3.00 bits per heavy atom. The molecule has 1 amide bonds. The first kappa shape index (κ1) is 13.8. The molecule has 1 aliphatic rings. The first-order valence-electron chi connectivity index (χ1n) is 6.45. The summed E-state index contributed by atoms with van der Waals surface area (Å²) in [5.74, 6) is 0.660. The number of morpholine rings is 1. The highest BCUT2D eigenvalue weighted by molar-refractivity contribution is 5.98. The Balaban J connectivity index is 2.29. The predicted octanol–water partition coefficient (Wildman–Crippen LogP) is 1.08. The summed E-state index contributed by atoms with van der Waals surface area (Å²) in [7, 11) is 1.61. The summed E-state index contributed by atoms with van der Waals surface area (Å²) in [4.78, 5) is 14.1. The molecule has 1 aliphatic heterocycles. The lowest BCUT2D eigenvalue weighted by Crippen LogP contribution is -2.48. The van der Waals surface area contributed by atoms with Crippen LogP contribution < -0.4 is 15.4 Å². The lowest BCUT2D eigenvalue weighted by molar-refractivity contribution is -0.134. The van der Waals surface area contributed by atoms with Gasteiger partial charge >= 0.3 is 0 Å². The lowest BCUT2D eigenvalue weighted by Gasteiger charge is -2.33. The number of carbonyl (C=O) groups is 1. The quantitative estimate of drug-likeness (QED) is 0.884. The number of anilines is 1. The van der Waals surface area contributed by atoms with Gasteiger partial charge in [0.25, 0.3) is 5.91 Å². The Morgan fingerprint density at radius 2 is 2.32 bits per heavy atom. The molecule has 0 aliphatic carbocycles. The second-order valence-corrected chi connectivity index (χ2v) is 4.60. The van der Waals surface area contributed by atoms with Crippen LogP contribution in [-0.2, 0) is 9.53 Å². The third kappa shape index (κ3) is 2.88. The van der Waals surface area contributed by atoms with E-state index in [1.807, 2.05) is 25.1 Å². The number of nitrogens with zero attached hydrogens (tertiary/aromatic N) is 1. The molecule has 0 radical (unpaired) electrons. The fraction of sp³-hybridized carbons (Fsp3) is 0.500. The van der Waals surface area contributed by atoms with Gasteiger partial charge in [-0.05, 0) is 37.6 Å². The molecule has 5 heteroatoms. The van der Waals surface area contributed by atoms with Crippen molar-refractivity contribution < 1.29 is 14.3 Å². The van der Waals surface area contributed by atoms with Gasteiger partial charge in [0, 0.05) is 6.54 Å². The topological polar surface area (TPSA) is 64.8 Å². The fourth-order valence-electron chi connectivity index (χ4n) is 2.25. The van der Waals surface area contributed by atoms with Crippen LogP contribution in [-0.4, -0.2) is 38.8 Å². The van der Waals surface area contributed by atoms with E-state index in [0.29, 0.717) is 31.9 Å². The van der Waals surface area contributed by atoms with Crippen molar-refractivity contribution in [3.8, 4) is 5.75 Å². The monoisotopic (exact) mass is 264 g/mol. The van der Waals surface area contributed by atoms with Gasteiger partial charge in [-0.25, -0.2) is 0 Å². The molecule has 2 N–H and O–H groups in total. The van der Waals surface area contributed by atoms with Crippen molar-refractivity contribution >= 4 is 11.6 Å². The van der Waals surface area contributed by atoms with Crippen molar-refractivity contribution in [3.63, 3.8) is 0 Å². The van der Waals surface area contributed by atoms with E-state index in [-0.39, 0.29) is 5.91 Å². The molecule has 1 atom stereocenters. The van der Waals surface area contributed by atoms with Crippen LogP contribution in [0.1, 0.15) is 12.0 Å². The fourth-order valence-corrected chi connectivity index (χ4v) is 2.25. The maximum atomic E-state index is 12.4. The van der Waals surface area contributed by atoms with Crippen LogP contribution in [0.4, 0.5) is 5.69 Å². The van der Waals surface area contributed by atoms with Crippen molar-refractivity contribution in [2.75, 3.05) is 31.7 Å². The van der Waals surface area contributed by atoms with Crippen LogP contribution in [0.5, 0.6) is 5.75 Å². The summed E-state index contributed by atoms with van der Waals surface area (Å²) in [5.41, 5.74) is 7.40. The minimum absolute atomic E-state index is 0.0411. The highest BCUT2D eigenvalue weighted by atomic mass is 16.5. The maximum Gasteiger partial charge on any atom is 0.256 e. The summed E-state index contributed by atoms with van der Waals surface area (Å²) in [5, 5.41) is 0. The third-order valence-electron chi connectivity index (χ3n) is 3.23. The Hall–Kier alpha value is -1.59. The number of nitrogens with two attached hydrogens (primary N) is 1. The third-order valence-corrected chi connectivity index (χ3v) is 3.23. The molecule has 0 saturated carbocycles. The number of amides is 1. The van der Waals surface area contributed by atoms with Crippen LogP contribution >= 0.6 is 0 Å². The molecule has 5 nitrogen and oxygen atoms in total. The van der Waals surface area contributed by atoms with E-state index in [9.17, 15) is 4.79 Å². The summed E-state index contributed by atoms with van der Waals surface area (Å²) in [6, 6.07) is 5.80. The highest BCUT2D eigenvalue weighted by Crippen LogP contribution is 2.31. The zero-order chi connectivity index (χ0) is 13.8. The van der Waals surface area contributed by atoms with Gasteiger partial charge in [0.2, 0.25) is 0 Å². The Morgan fingerprint density at radius 1 is 1.53 bits per heavy atom. The smallest absolute Gasteiger partial charge is 0.256 e. The van der Waals surface area contributed by atoms with Crippen molar-refractivity contribution in [1.82, 2.24) is 0 Å². The van der Waals surface area contributed by atoms with Crippen LogP contribution in [0, 0.1) is 6.92 Å². The van der Waals surface area contributed by atoms with E-state index >= 15 is 0 Å². The van der Waals surface area contributed by atoms with Crippen LogP contribution in [0.3, 0.4) is 0 Å². The first-order chi connectivity index (χ1) is 9.17. The van der Waals surface area contributed by atoms with Gasteiger partial charge in [-0.1, -0.05) is 6.07 Å². The number of ether oxygens (including phenoxy) is 2. The Bertz CT molecular complexity index is 460. The molecule has 1 aromatic rings. The van der Waals surface area contributed by atoms with Crippen LogP contribution in [0.25, 0.3) is 0 Å². The number of hydrogen-bond donors (Lipinski definition) is 1. The molecule has 0 spiro atoms. The van der Waals surface area contributed by atoms with Crippen molar-refractivity contribution in [2.24, 2.45) is 5.73 Å². The zero-order valence-corrected chi connectivity index (χ0v) is 11.4. The summed E-state index contributed by atoms with van der Waals surface area (Å²) in [6.07, 6.45) is 0.104. The molecule has 1 fully saturated rings. The second-order valence-electron chi connectivity index (χ2n) is 4.60. The predicted molar refractivity (Wildman–Crippen MR) is 73.5 cm³/mol. The van der Waals surface area contributed by atoms with E-state index in [1.54, 1.807) is 12.0 Å². The lowest BCUT2D eigenvalue weighted by atomic mass is 10.1. The summed E-state index contributed by atoms with van der Waals surface area (Å²) in [6.45, 7) is 3.49. The normalized spacial score (nSPS) is 19.6. The van der Waals surface area contributed by atoms with E-state index in [0.717, 1.165) is 11.3 Å². The molecule has 1 aromatic carbocycles. The molecular formula is C14H20N2O3. The van der Waals surface area contributed by atoms with E-state index in [4.69, 9.17) is 15.2 Å². The first-order valence-corrected chi connectivity index (χ1v) is 6.45. The molecule has 0 bridgehead atoms. The van der Waals surface area contributed by atoms with Gasteiger partial charge in [0.05, 0.1) is 19.4 Å². The van der Waals surface area contributed by atoms with E-state index < -0.39 is 6.10 Å². The van der Waals surface area contributed by atoms with E-state index in [1.165, 1.54) is 0 Å². The number of rotatable bonds is 4. The number of carbonyl (C=O) groups excluding carboxylic acids is 1. The van der Waals surface area contributed by atoms with Gasteiger partial charge in [-0.3, -0.25) is 4.79 Å². The number of benzene rings is 1. The SMILES string of the molecule is COc1ccc(C)cc1N1CCOC(CCN)C1=O. The molecule has 1 unspecified atom stereocenters. The van der Waals surface area contributed by atoms with E-state index in [2.05, 4.69) is 0 Å². The molecule has 104 valence electrons. The minimum atomic E-state index is -0.441. The van der Waals surface area contributed by atoms with Crippen molar-refractivity contribution in [1.29, 1.82) is 0 Å². The maximum absolute atomic E-state index is 12.4. The summed E-state index contributed by atoms with van der Waals surface area (Å²) < 4.78 is 10.8. The average molecular weight is 264 g/mol. The molecule has 19 heavy (non-hydrogen) atoms. The number of aryl methyl sites for hydroxylation is 1. The summed E-state index contributed by atoms with van der Waals surface area (Å²) >= 11 is 0. The molecule has 2 rings (SSSR count). The molecule has 1 heterocycles.